The topological polar surface area (TPSA) is 52.6 Å². The Morgan fingerprint density at radius 1 is 1.75 bits per heavy atom. The Balaban J connectivity index is 2.21. The average molecular weight is 170 g/mol. The summed E-state index contributed by atoms with van der Waals surface area (Å²) >= 11 is 0. The zero-order chi connectivity index (χ0) is 8.97. The van der Waals surface area contributed by atoms with Crippen LogP contribution in [0.25, 0.3) is 0 Å². The highest BCUT2D eigenvalue weighted by Crippen LogP contribution is 2.11. The van der Waals surface area contributed by atoms with Crippen LogP contribution in [0.15, 0.2) is 12.2 Å². The van der Waals surface area contributed by atoms with Gasteiger partial charge in [0, 0.05) is 12.5 Å². The molecule has 0 N–H and O–H groups in total. The number of hydrogen-bond acceptors (Lipinski definition) is 4. The number of ether oxygens (including phenoxy) is 2. The van der Waals surface area contributed by atoms with Crippen molar-refractivity contribution >= 4 is 11.9 Å². The van der Waals surface area contributed by atoms with Crippen LogP contribution in [0.2, 0.25) is 0 Å². The van der Waals surface area contributed by atoms with Crippen LogP contribution in [-0.2, 0) is 19.1 Å². The summed E-state index contributed by atoms with van der Waals surface area (Å²) in [5.74, 6) is -0.629. The van der Waals surface area contributed by atoms with E-state index >= 15 is 0 Å². The van der Waals surface area contributed by atoms with Crippen molar-refractivity contribution < 1.29 is 19.1 Å². The summed E-state index contributed by atoms with van der Waals surface area (Å²) in [5, 5.41) is 0. The number of carbonyl (C=O) groups is 2. The summed E-state index contributed by atoms with van der Waals surface area (Å²) in [4.78, 5) is 21.2. The van der Waals surface area contributed by atoms with Crippen molar-refractivity contribution in [1.82, 2.24) is 0 Å². The third-order valence-electron chi connectivity index (χ3n) is 1.58. The standard InChI is InChI=1S/C8H10O4/c1-11-7(9)4-2-6-3-5-8(10)12-6/h3,5-6H,2,4H2,1H3. The summed E-state index contributed by atoms with van der Waals surface area (Å²) in [6.07, 6.45) is 3.53. The molecule has 0 saturated carbocycles. The molecule has 12 heavy (non-hydrogen) atoms. The lowest BCUT2D eigenvalue weighted by Gasteiger charge is -2.06. The van der Waals surface area contributed by atoms with Crippen molar-refractivity contribution in [2.45, 2.75) is 18.9 Å². The first-order chi connectivity index (χ1) is 5.72. The van der Waals surface area contributed by atoms with E-state index in [1.165, 1.54) is 13.2 Å². The van der Waals surface area contributed by atoms with Gasteiger partial charge in [-0.3, -0.25) is 4.79 Å². The Morgan fingerprint density at radius 3 is 3.00 bits per heavy atom. The highest BCUT2D eigenvalue weighted by molar-refractivity contribution is 5.84. The molecule has 1 atom stereocenters. The van der Waals surface area contributed by atoms with Crippen molar-refractivity contribution in [3.05, 3.63) is 12.2 Å². The molecule has 0 bridgehead atoms. The van der Waals surface area contributed by atoms with Gasteiger partial charge in [0.2, 0.25) is 0 Å². The maximum Gasteiger partial charge on any atom is 0.331 e. The third-order valence-corrected chi connectivity index (χ3v) is 1.58. The van der Waals surface area contributed by atoms with Gasteiger partial charge in [-0.1, -0.05) is 0 Å². The average Bonchev–Trinajstić information content (AvgIpc) is 2.47. The Morgan fingerprint density at radius 2 is 2.50 bits per heavy atom. The molecule has 0 saturated heterocycles. The van der Waals surface area contributed by atoms with E-state index in [-0.39, 0.29) is 24.5 Å². The third kappa shape index (κ3) is 2.38. The Kier molecular flexibility index (Phi) is 2.85. The molecule has 1 heterocycles. The maximum atomic E-state index is 10.7. The van der Waals surface area contributed by atoms with Crippen LogP contribution in [0, 0.1) is 0 Å². The number of hydrogen-bond donors (Lipinski definition) is 0. The van der Waals surface area contributed by atoms with Gasteiger partial charge in [-0.25, -0.2) is 4.79 Å². The fourth-order valence-electron chi connectivity index (χ4n) is 0.931. The minimum absolute atomic E-state index is 0.253. The number of cyclic esters (lactones) is 1. The van der Waals surface area contributed by atoms with Gasteiger partial charge in [-0.15, -0.1) is 0 Å². The lowest BCUT2D eigenvalue weighted by Crippen LogP contribution is -2.10. The molecule has 66 valence electrons. The van der Waals surface area contributed by atoms with Gasteiger partial charge in [-0.2, -0.15) is 0 Å². The first-order valence-electron chi connectivity index (χ1n) is 3.68. The van der Waals surface area contributed by atoms with Crippen LogP contribution >= 0.6 is 0 Å². The lowest BCUT2D eigenvalue weighted by atomic mass is 10.2. The molecule has 1 aliphatic rings. The van der Waals surface area contributed by atoms with E-state index in [1.54, 1.807) is 6.08 Å². The minimum atomic E-state index is -0.343. The first kappa shape index (κ1) is 8.77. The fourth-order valence-corrected chi connectivity index (χ4v) is 0.931. The Labute approximate surface area is 70.1 Å². The molecule has 0 spiro atoms. The quantitative estimate of drug-likeness (QED) is 0.576. The molecule has 0 aromatic rings. The Hall–Kier alpha value is -1.32. The summed E-state index contributed by atoms with van der Waals surface area (Å²) in [7, 11) is 1.33. The van der Waals surface area contributed by atoms with Crippen molar-refractivity contribution in [3.8, 4) is 0 Å². The van der Waals surface area contributed by atoms with E-state index in [4.69, 9.17) is 4.74 Å². The summed E-state index contributed by atoms with van der Waals surface area (Å²) < 4.78 is 9.23. The highest BCUT2D eigenvalue weighted by atomic mass is 16.5. The van der Waals surface area contributed by atoms with Gasteiger partial charge in [0.15, 0.2) is 0 Å². The van der Waals surface area contributed by atoms with Gasteiger partial charge in [-0.05, 0) is 12.5 Å². The first-order valence-corrected chi connectivity index (χ1v) is 3.68. The minimum Gasteiger partial charge on any atom is -0.469 e. The van der Waals surface area contributed by atoms with E-state index in [0.29, 0.717) is 6.42 Å². The smallest absolute Gasteiger partial charge is 0.331 e. The maximum absolute atomic E-state index is 10.7. The molecule has 4 heteroatoms. The van der Waals surface area contributed by atoms with Gasteiger partial charge in [0.25, 0.3) is 0 Å². The van der Waals surface area contributed by atoms with Gasteiger partial charge < -0.3 is 9.47 Å². The second kappa shape index (κ2) is 3.90. The van der Waals surface area contributed by atoms with Gasteiger partial charge in [0.05, 0.1) is 7.11 Å². The van der Waals surface area contributed by atoms with Crippen LogP contribution in [-0.4, -0.2) is 25.2 Å². The second-order valence-corrected chi connectivity index (χ2v) is 2.45. The molecule has 0 aliphatic carbocycles. The SMILES string of the molecule is COC(=O)CCC1C=CC(=O)O1. The molecule has 0 fully saturated rings. The molecule has 1 aliphatic heterocycles. The molecule has 0 aromatic carbocycles. The summed E-state index contributed by atoms with van der Waals surface area (Å²) in [6, 6.07) is 0. The number of esters is 2. The number of rotatable bonds is 3. The number of carbonyl (C=O) groups excluding carboxylic acids is 2. The molecule has 1 rings (SSSR count). The molecular weight excluding hydrogens is 160 g/mol. The number of methoxy groups -OCH3 is 1. The molecular formula is C8H10O4. The molecule has 0 amide bonds. The molecule has 4 nitrogen and oxygen atoms in total. The fraction of sp³-hybridized carbons (Fsp3) is 0.500. The Bertz CT molecular complexity index is 219. The van der Waals surface area contributed by atoms with Crippen LogP contribution in [0.1, 0.15) is 12.8 Å². The summed E-state index contributed by atoms with van der Waals surface area (Å²) in [6.45, 7) is 0. The molecule has 1 unspecified atom stereocenters. The van der Waals surface area contributed by atoms with Crippen LogP contribution in [0.5, 0.6) is 0 Å². The zero-order valence-electron chi connectivity index (χ0n) is 6.78. The van der Waals surface area contributed by atoms with Gasteiger partial charge >= 0.3 is 11.9 Å². The van der Waals surface area contributed by atoms with E-state index < -0.39 is 0 Å². The predicted molar refractivity (Wildman–Crippen MR) is 40.3 cm³/mol. The van der Waals surface area contributed by atoms with Crippen LogP contribution in [0.4, 0.5) is 0 Å². The predicted octanol–water partition coefficient (Wildman–Crippen LogP) is 0.421. The van der Waals surface area contributed by atoms with Gasteiger partial charge in [0.1, 0.15) is 6.10 Å². The monoisotopic (exact) mass is 170 g/mol. The normalized spacial score (nSPS) is 20.8. The lowest BCUT2D eigenvalue weighted by molar-refractivity contribution is -0.144. The van der Waals surface area contributed by atoms with E-state index in [0.717, 1.165) is 0 Å². The van der Waals surface area contributed by atoms with Crippen LogP contribution in [0.3, 0.4) is 0 Å². The van der Waals surface area contributed by atoms with Crippen molar-refractivity contribution in [2.75, 3.05) is 7.11 Å². The van der Waals surface area contributed by atoms with E-state index in [1.807, 2.05) is 0 Å². The van der Waals surface area contributed by atoms with Crippen molar-refractivity contribution in [2.24, 2.45) is 0 Å². The van der Waals surface area contributed by atoms with Crippen LogP contribution < -0.4 is 0 Å². The second-order valence-electron chi connectivity index (χ2n) is 2.45. The van der Waals surface area contributed by atoms with Crippen molar-refractivity contribution in [1.29, 1.82) is 0 Å². The zero-order valence-corrected chi connectivity index (χ0v) is 6.78. The van der Waals surface area contributed by atoms with E-state index in [9.17, 15) is 9.59 Å². The summed E-state index contributed by atoms with van der Waals surface area (Å²) in [5.41, 5.74) is 0. The van der Waals surface area contributed by atoms with E-state index in [2.05, 4.69) is 4.74 Å². The molecule has 0 aromatic heterocycles. The molecule has 0 radical (unpaired) electrons. The largest absolute Gasteiger partial charge is 0.469 e. The highest BCUT2D eigenvalue weighted by Gasteiger charge is 2.17. The van der Waals surface area contributed by atoms with Crippen molar-refractivity contribution in [3.63, 3.8) is 0 Å².